The molecule has 2 nitrogen and oxygen atoms in total. The molecular weight excluding hydrogens is 324 g/mol. The summed E-state index contributed by atoms with van der Waals surface area (Å²) in [5.41, 5.74) is 0. The zero-order valence-electron chi connectivity index (χ0n) is 15.8. The van der Waals surface area contributed by atoms with Crippen molar-refractivity contribution in [3.8, 4) is 0 Å². The maximum Gasteiger partial charge on any atom is 0.258 e. The average Bonchev–Trinajstić information content (AvgIpc) is 2.62. The van der Waals surface area contributed by atoms with Crippen LogP contribution in [0.15, 0.2) is 60.7 Å². The molecule has 0 aliphatic rings. The van der Waals surface area contributed by atoms with E-state index in [0.717, 1.165) is 36.1 Å². The first-order valence-corrected chi connectivity index (χ1v) is 11.3. The van der Waals surface area contributed by atoms with Crippen LogP contribution in [0, 0.1) is 5.92 Å². The highest BCUT2D eigenvalue weighted by molar-refractivity contribution is 6.98. The molecule has 0 heterocycles. The average molecular weight is 357 g/mol. The maximum atomic E-state index is 12.1. The highest BCUT2D eigenvalue weighted by atomic mass is 28.4. The highest BCUT2D eigenvalue weighted by Crippen LogP contribution is 2.42. The van der Waals surface area contributed by atoms with Gasteiger partial charge in [-0.3, -0.25) is 0 Å². The molecule has 2 rings (SSSR count). The van der Waals surface area contributed by atoms with Crippen LogP contribution in [-0.4, -0.2) is 24.8 Å². The van der Waals surface area contributed by atoms with Crippen LogP contribution in [0.4, 0.5) is 0 Å². The molecule has 2 N–H and O–H groups in total. The maximum absolute atomic E-state index is 12.1. The zero-order valence-corrected chi connectivity index (χ0v) is 16.8. The number of benzene rings is 2. The molecule has 0 spiro atoms. The van der Waals surface area contributed by atoms with E-state index in [9.17, 15) is 4.80 Å². The lowest BCUT2D eigenvalue weighted by atomic mass is 9.93. The molecule has 0 radical (unpaired) electrons. The van der Waals surface area contributed by atoms with Crippen molar-refractivity contribution in [3.63, 3.8) is 0 Å². The third-order valence-corrected chi connectivity index (χ3v) is 9.83. The van der Waals surface area contributed by atoms with E-state index < -0.39 is 8.32 Å². The third kappa shape index (κ3) is 4.60. The van der Waals surface area contributed by atoms with Crippen LogP contribution >= 0.6 is 0 Å². The van der Waals surface area contributed by atoms with Gasteiger partial charge in [-0.1, -0.05) is 94.3 Å². The molecule has 3 heteroatoms. The van der Waals surface area contributed by atoms with Gasteiger partial charge in [-0.25, -0.2) is 0 Å². The van der Waals surface area contributed by atoms with Crippen LogP contribution in [-0.2, 0) is 0 Å². The van der Waals surface area contributed by atoms with Crippen LogP contribution in [0.25, 0.3) is 0 Å². The third-order valence-electron chi connectivity index (χ3n) is 5.33. The number of rotatable bonds is 9. The number of hydrogen-bond acceptors (Lipinski definition) is 2. The van der Waals surface area contributed by atoms with E-state index in [1.54, 1.807) is 0 Å². The van der Waals surface area contributed by atoms with Gasteiger partial charge in [-0.2, -0.15) is 0 Å². The van der Waals surface area contributed by atoms with Crippen molar-refractivity contribution in [1.82, 2.24) is 0 Å². The van der Waals surface area contributed by atoms with Gasteiger partial charge in [0.2, 0.25) is 0 Å². The Labute approximate surface area is 153 Å². The van der Waals surface area contributed by atoms with Gasteiger partial charge in [0.05, 0.1) is 0 Å². The van der Waals surface area contributed by atoms with Crippen molar-refractivity contribution >= 4 is 18.7 Å². The summed E-state index contributed by atoms with van der Waals surface area (Å²) in [6.07, 6.45) is 3.98. The van der Waals surface area contributed by atoms with Gasteiger partial charge in [0.15, 0.2) is 0 Å². The first kappa shape index (κ1) is 19.9. The molecule has 0 saturated heterocycles. The van der Waals surface area contributed by atoms with E-state index in [4.69, 9.17) is 5.11 Å². The topological polar surface area (TPSA) is 40.5 Å². The molecule has 0 aliphatic carbocycles. The Balaban J connectivity index is 2.35. The van der Waals surface area contributed by atoms with Crippen LogP contribution in [0.2, 0.25) is 5.04 Å². The van der Waals surface area contributed by atoms with Gasteiger partial charge in [-0.05, 0) is 34.2 Å². The Hall–Kier alpha value is -1.42. The highest BCUT2D eigenvalue weighted by Gasteiger charge is 2.50. The van der Waals surface area contributed by atoms with E-state index in [-0.39, 0.29) is 11.6 Å². The normalized spacial score (nSPS) is 13.6. The van der Waals surface area contributed by atoms with E-state index in [1.807, 2.05) is 36.4 Å². The second kappa shape index (κ2) is 8.79. The van der Waals surface area contributed by atoms with Gasteiger partial charge in [0, 0.05) is 6.61 Å². The van der Waals surface area contributed by atoms with Gasteiger partial charge in [0.25, 0.3) is 8.32 Å². The molecule has 1 atom stereocenters. The van der Waals surface area contributed by atoms with Gasteiger partial charge >= 0.3 is 0 Å². The predicted octanol–water partition coefficient (Wildman–Crippen LogP) is 3.71. The lowest BCUT2D eigenvalue weighted by Gasteiger charge is -2.42. The summed E-state index contributed by atoms with van der Waals surface area (Å²) in [5.74, 6) is 0.521. The Morgan fingerprint density at radius 2 is 1.36 bits per heavy atom. The molecule has 0 amide bonds. The number of aliphatic hydroxyl groups is 1. The summed E-state index contributed by atoms with van der Waals surface area (Å²) in [4.78, 5) is 12.1. The SMILES string of the molecule is C[C@H](CCCCO)CC(C)(C)[Si](O)(c1ccccc1)c1ccccc1. The minimum Gasteiger partial charge on any atom is -0.424 e. The molecule has 136 valence electrons. The fraction of sp³-hybridized carbons (Fsp3) is 0.455. The Morgan fingerprint density at radius 3 is 1.80 bits per heavy atom. The minimum atomic E-state index is -2.89. The second-order valence-corrected chi connectivity index (χ2v) is 11.8. The Bertz CT molecular complexity index is 585. The molecule has 0 saturated carbocycles. The molecule has 0 unspecified atom stereocenters. The zero-order chi connectivity index (χ0) is 18.3. The number of unbranched alkanes of at least 4 members (excludes halogenated alkanes) is 1. The van der Waals surface area contributed by atoms with E-state index in [0.29, 0.717) is 5.92 Å². The summed E-state index contributed by atoms with van der Waals surface area (Å²) in [6, 6.07) is 20.4. The summed E-state index contributed by atoms with van der Waals surface area (Å²) < 4.78 is 0. The molecule has 0 bridgehead atoms. The quantitative estimate of drug-likeness (QED) is 0.531. The molecule has 0 fully saturated rings. The fourth-order valence-corrected chi connectivity index (χ4v) is 7.92. The van der Waals surface area contributed by atoms with Crippen molar-refractivity contribution in [1.29, 1.82) is 0 Å². The standard InChI is InChI=1S/C22H32O2Si/c1-19(12-10-11-17-23)18-22(2,3)25(24,20-13-6-4-7-14-20)21-15-8-5-9-16-21/h4-9,13-16,19,23-24H,10-12,17-18H2,1-3H3/t19-/m1/s1. The number of aliphatic hydroxyl groups excluding tert-OH is 1. The first-order chi connectivity index (χ1) is 11.9. The van der Waals surface area contributed by atoms with Crippen molar-refractivity contribution in [2.75, 3.05) is 6.61 Å². The van der Waals surface area contributed by atoms with Crippen molar-refractivity contribution < 1.29 is 9.90 Å². The minimum absolute atomic E-state index is 0.186. The Morgan fingerprint density at radius 1 is 0.880 bits per heavy atom. The fourth-order valence-electron chi connectivity index (χ4n) is 4.03. The molecule has 0 aromatic heterocycles. The Kier molecular flexibility index (Phi) is 7.00. The largest absolute Gasteiger partial charge is 0.424 e. The summed E-state index contributed by atoms with van der Waals surface area (Å²) in [6.45, 7) is 6.98. The summed E-state index contributed by atoms with van der Waals surface area (Å²) in [5, 5.41) is 11.0. The van der Waals surface area contributed by atoms with Gasteiger partial charge in [-0.15, -0.1) is 0 Å². The summed E-state index contributed by atoms with van der Waals surface area (Å²) in [7, 11) is -2.89. The molecule has 2 aromatic rings. The molecule has 2 aromatic carbocycles. The summed E-state index contributed by atoms with van der Waals surface area (Å²) >= 11 is 0. The first-order valence-electron chi connectivity index (χ1n) is 9.36. The molecule has 0 aliphatic heterocycles. The van der Waals surface area contributed by atoms with Crippen LogP contribution in [0.3, 0.4) is 0 Å². The van der Waals surface area contributed by atoms with Crippen LogP contribution in [0.1, 0.15) is 46.5 Å². The molecular formula is C22H32O2Si. The van der Waals surface area contributed by atoms with E-state index in [1.165, 1.54) is 0 Å². The predicted molar refractivity (Wildman–Crippen MR) is 109 cm³/mol. The second-order valence-electron chi connectivity index (χ2n) is 7.86. The lowest BCUT2D eigenvalue weighted by Crippen LogP contribution is -2.65. The molecule has 25 heavy (non-hydrogen) atoms. The lowest BCUT2D eigenvalue weighted by molar-refractivity contribution is 0.275. The smallest absolute Gasteiger partial charge is 0.258 e. The van der Waals surface area contributed by atoms with Gasteiger partial charge < -0.3 is 9.90 Å². The van der Waals surface area contributed by atoms with Gasteiger partial charge in [0.1, 0.15) is 0 Å². The van der Waals surface area contributed by atoms with Crippen molar-refractivity contribution in [2.45, 2.75) is 51.5 Å². The van der Waals surface area contributed by atoms with Crippen LogP contribution in [0.5, 0.6) is 0 Å². The van der Waals surface area contributed by atoms with Crippen molar-refractivity contribution in [2.24, 2.45) is 5.92 Å². The number of hydrogen-bond donors (Lipinski definition) is 2. The monoisotopic (exact) mass is 356 g/mol. The van der Waals surface area contributed by atoms with E-state index >= 15 is 0 Å². The van der Waals surface area contributed by atoms with Crippen molar-refractivity contribution in [3.05, 3.63) is 60.7 Å². The van der Waals surface area contributed by atoms with Crippen LogP contribution < -0.4 is 10.4 Å². The van der Waals surface area contributed by atoms with E-state index in [2.05, 4.69) is 45.0 Å².